The molecule has 1 rings (SSSR count). The minimum absolute atomic E-state index is 0.0366. The highest BCUT2D eigenvalue weighted by molar-refractivity contribution is 4.72. The standard InChI is InChI=1S/C12H22F3N/c13-12(14,15)8-4-7-11(16)9-10-5-2-1-3-6-10/h10-11H,1-9,16H2. The number of rotatable bonds is 5. The van der Waals surface area contributed by atoms with Crippen molar-refractivity contribution in [3.8, 4) is 0 Å². The topological polar surface area (TPSA) is 26.0 Å². The molecule has 96 valence electrons. The van der Waals surface area contributed by atoms with E-state index in [0.717, 1.165) is 6.42 Å². The van der Waals surface area contributed by atoms with Crippen LogP contribution in [0, 0.1) is 5.92 Å². The van der Waals surface area contributed by atoms with Crippen LogP contribution in [0.2, 0.25) is 0 Å². The molecule has 0 heterocycles. The fourth-order valence-corrected chi connectivity index (χ4v) is 2.53. The Kier molecular flexibility index (Phi) is 5.59. The summed E-state index contributed by atoms with van der Waals surface area (Å²) in [6, 6.07) is -0.0366. The first-order valence-corrected chi connectivity index (χ1v) is 6.30. The molecule has 0 saturated heterocycles. The van der Waals surface area contributed by atoms with Gasteiger partial charge in [-0.05, 0) is 25.2 Å². The van der Waals surface area contributed by atoms with Gasteiger partial charge in [0, 0.05) is 12.5 Å². The maximum Gasteiger partial charge on any atom is 0.389 e. The average Bonchev–Trinajstić information content (AvgIpc) is 2.17. The molecule has 0 amide bonds. The van der Waals surface area contributed by atoms with E-state index in [0.29, 0.717) is 12.3 Å². The van der Waals surface area contributed by atoms with E-state index in [1.165, 1.54) is 32.1 Å². The largest absolute Gasteiger partial charge is 0.389 e. The van der Waals surface area contributed by atoms with Gasteiger partial charge in [-0.25, -0.2) is 0 Å². The zero-order valence-corrected chi connectivity index (χ0v) is 9.73. The lowest BCUT2D eigenvalue weighted by Gasteiger charge is -2.24. The first-order chi connectivity index (χ1) is 7.47. The van der Waals surface area contributed by atoms with E-state index in [4.69, 9.17) is 5.73 Å². The zero-order chi connectivity index (χ0) is 12.0. The quantitative estimate of drug-likeness (QED) is 0.768. The molecular formula is C12H22F3N. The summed E-state index contributed by atoms with van der Waals surface area (Å²) < 4.78 is 35.8. The van der Waals surface area contributed by atoms with Gasteiger partial charge in [-0.3, -0.25) is 0 Å². The summed E-state index contributed by atoms with van der Waals surface area (Å²) in [5, 5.41) is 0. The Labute approximate surface area is 95.6 Å². The van der Waals surface area contributed by atoms with E-state index in [2.05, 4.69) is 0 Å². The molecule has 0 radical (unpaired) electrons. The van der Waals surface area contributed by atoms with Gasteiger partial charge >= 0.3 is 6.18 Å². The Morgan fingerprint density at radius 2 is 1.75 bits per heavy atom. The van der Waals surface area contributed by atoms with Crippen molar-refractivity contribution in [3.63, 3.8) is 0 Å². The Hall–Kier alpha value is -0.250. The average molecular weight is 237 g/mol. The van der Waals surface area contributed by atoms with Gasteiger partial charge in [0.25, 0.3) is 0 Å². The van der Waals surface area contributed by atoms with Gasteiger partial charge in [0.15, 0.2) is 0 Å². The van der Waals surface area contributed by atoms with Crippen molar-refractivity contribution in [2.45, 2.75) is 70.0 Å². The summed E-state index contributed by atoms with van der Waals surface area (Å²) in [5.41, 5.74) is 5.87. The lowest BCUT2D eigenvalue weighted by molar-refractivity contribution is -0.135. The Balaban J connectivity index is 2.08. The maximum absolute atomic E-state index is 11.9. The molecule has 1 nitrogen and oxygen atoms in total. The molecule has 0 aliphatic heterocycles. The number of halogens is 3. The molecule has 0 aromatic carbocycles. The van der Waals surface area contributed by atoms with Crippen molar-refractivity contribution < 1.29 is 13.2 Å². The number of nitrogens with two attached hydrogens (primary N) is 1. The monoisotopic (exact) mass is 237 g/mol. The summed E-state index contributed by atoms with van der Waals surface area (Å²) in [7, 11) is 0. The number of alkyl halides is 3. The Bertz CT molecular complexity index is 185. The highest BCUT2D eigenvalue weighted by Crippen LogP contribution is 2.28. The van der Waals surface area contributed by atoms with Crippen molar-refractivity contribution in [2.24, 2.45) is 11.7 Å². The van der Waals surface area contributed by atoms with Crippen LogP contribution in [0.3, 0.4) is 0 Å². The third kappa shape index (κ3) is 6.36. The third-order valence-electron chi connectivity index (χ3n) is 3.40. The molecule has 1 atom stereocenters. The van der Waals surface area contributed by atoms with Crippen molar-refractivity contribution >= 4 is 0 Å². The highest BCUT2D eigenvalue weighted by atomic mass is 19.4. The van der Waals surface area contributed by atoms with E-state index in [-0.39, 0.29) is 12.5 Å². The van der Waals surface area contributed by atoms with E-state index < -0.39 is 12.6 Å². The summed E-state index contributed by atoms with van der Waals surface area (Å²) in [4.78, 5) is 0. The molecular weight excluding hydrogens is 215 g/mol. The van der Waals surface area contributed by atoms with Gasteiger partial charge in [-0.1, -0.05) is 32.1 Å². The second-order valence-corrected chi connectivity index (χ2v) is 5.01. The van der Waals surface area contributed by atoms with Crippen LogP contribution in [0.15, 0.2) is 0 Å². The molecule has 1 unspecified atom stereocenters. The first kappa shape index (κ1) is 13.8. The van der Waals surface area contributed by atoms with Crippen LogP contribution in [-0.4, -0.2) is 12.2 Å². The molecule has 0 aromatic rings. The summed E-state index contributed by atoms with van der Waals surface area (Å²) in [6.07, 6.45) is 3.15. The first-order valence-electron chi connectivity index (χ1n) is 6.30. The normalized spacial score (nSPS) is 21.0. The SMILES string of the molecule is NC(CCCC(F)(F)F)CC1CCCCC1. The molecule has 4 heteroatoms. The smallest absolute Gasteiger partial charge is 0.328 e. The highest BCUT2D eigenvalue weighted by Gasteiger charge is 2.26. The van der Waals surface area contributed by atoms with Gasteiger partial charge in [0.1, 0.15) is 0 Å². The fourth-order valence-electron chi connectivity index (χ4n) is 2.53. The van der Waals surface area contributed by atoms with E-state index >= 15 is 0 Å². The van der Waals surface area contributed by atoms with Crippen LogP contribution in [0.25, 0.3) is 0 Å². The van der Waals surface area contributed by atoms with Gasteiger partial charge in [0.2, 0.25) is 0 Å². The third-order valence-corrected chi connectivity index (χ3v) is 3.40. The number of hydrogen-bond donors (Lipinski definition) is 1. The second-order valence-electron chi connectivity index (χ2n) is 5.01. The maximum atomic E-state index is 11.9. The Morgan fingerprint density at radius 1 is 1.12 bits per heavy atom. The van der Waals surface area contributed by atoms with Crippen LogP contribution in [0.4, 0.5) is 13.2 Å². The van der Waals surface area contributed by atoms with Gasteiger partial charge in [0.05, 0.1) is 0 Å². The minimum atomic E-state index is -4.02. The lowest BCUT2D eigenvalue weighted by atomic mass is 9.84. The van der Waals surface area contributed by atoms with Crippen molar-refractivity contribution in [1.29, 1.82) is 0 Å². The van der Waals surface area contributed by atoms with Crippen LogP contribution in [0.5, 0.6) is 0 Å². The molecule has 1 saturated carbocycles. The second kappa shape index (κ2) is 6.48. The van der Waals surface area contributed by atoms with Crippen LogP contribution in [-0.2, 0) is 0 Å². The predicted molar refractivity (Wildman–Crippen MR) is 59.1 cm³/mol. The van der Waals surface area contributed by atoms with Gasteiger partial charge in [-0.15, -0.1) is 0 Å². The summed E-state index contributed by atoms with van der Waals surface area (Å²) >= 11 is 0. The van der Waals surface area contributed by atoms with E-state index in [9.17, 15) is 13.2 Å². The molecule has 0 bridgehead atoms. The van der Waals surface area contributed by atoms with E-state index in [1.54, 1.807) is 0 Å². The lowest BCUT2D eigenvalue weighted by Crippen LogP contribution is -2.25. The van der Waals surface area contributed by atoms with Crippen LogP contribution < -0.4 is 5.73 Å². The van der Waals surface area contributed by atoms with Gasteiger partial charge < -0.3 is 5.73 Å². The molecule has 16 heavy (non-hydrogen) atoms. The van der Waals surface area contributed by atoms with Gasteiger partial charge in [-0.2, -0.15) is 13.2 Å². The molecule has 1 fully saturated rings. The van der Waals surface area contributed by atoms with Crippen molar-refractivity contribution in [3.05, 3.63) is 0 Å². The van der Waals surface area contributed by atoms with Crippen LogP contribution in [0.1, 0.15) is 57.8 Å². The Morgan fingerprint density at radius 3 is 2.31 bits per heavy atom. The molecule has 1 aliphatic rings. The fraction of sp³-hybridized carbons (Fsp3) is 1.00. The predicted octanol–water partition coefficient (Wildman–Crippen LogP) is 4.02. The number of hydrogen-bond acceptors (Lipinski definition) is 1. The van der Waals surface area contributed by atoms with Crippen LogP contribution >= 0.6 is 0 Å². The molecule has 0 aromatic heterocycles. The van der Waals surface area contributed by atoms with E-state index in [1.807, 2.05) is 0 Å². The molecule has 2 N–H and O–H groups in total. The van der Waals surface area contributed by atoms with Crippen molar-refractivity contribution in [2.75, 3.05) is 0 Å². The zero-order valence-electron chi connectivity index (χ0n) is 9.73. The summed E-state index contributed by atoms with van der Waals surface area (Å²) in [6.45, 7) is 0. The van der Waals surface area contributed by atoms with Crippen molar-refractivity contribution in [1.82, 2.24) is 0 Å². The molecule has 0 spiro atoms. The summed E-state index contributed by atoms with van der Waals surface area (Å²) in [5.74, 6) is 0.662. The minimum Gasteiger partial charge on any atom is -0.328 e. The molecule has 1 aliphatic carbocycles.